The molecule has 2 N–H and O–H groups in total. The molecule has 133 valence electrons. The van der Waals surface area contributed by atoms with Crippen LogP contribution in [0.4, 0.5) is 5.69 Å². The fourth-order valence-electron chi connectivity index (χ4n) is 2.57. The summed E-state index contributed by atoms with van der Waals surface area (Å²) in [5.41, 5.74) is 9.98. The van der Waals surface area contributed by atoms with Crippen LogP contribution >= 0.6 is 0 Å². The van der Waals surface area contributed by atoms with Gasteiger partial charge in [-0.25, -0.2) is 0 Å². The monoisotopic (exact) mass is 515 g/mol. The third kappa shape index (κ3) is 3.70. The summed E-state index contributed by atoms with van der Waals surface area (Å²) in [6.07, 6.45) is 3.29. The SMILES string of the molecule is CC1(C)OB(c2ccc([NH-])c(C(=N)c3ccncc3)c2)OC1(C)C.[Ir]. The number of nitrogens with one attached hydrogen (secondary N) is 2. The molecule has 1 aliphatic heterocycles. The molecule has 25 heavy (non-hydrogen) atoms. The molecule has 0 aliphatic carbocycles. The maximum atomic E-state index is 8.41. The van der Waals surface area contributed by atoms with Crippen LogP contribution < -0.4 is 5.46 Å². The zero-order valence-electron chi connectivity index (χ0n) is 14.7. The van der Waals surface area contributed by atoms with Gasteiger partial charge in [-0.2, -0.15) is 0 Å². The molecule has 0 spiro atoms. The van der Waals surface area contributed by atoms with Crippen molar-refractivity contribution in [3.8, 4) is 0 Å². The summed E-state index contributed by atoms with van der Waals surface area (Å²) in [5.74, 6) is 0. The van der Waals surface area contributed by atoms with Crippen molar-refractivity contribution in [1.82, 2.24) is 4.98 Å². The summed E-state index contributed by atoms with van der Waals surface area (Å²) >= 11 is 0. The van der Waals surface area contributed by atoms with E-state index in [0.717, 1.165) is 11.0 Å². The van der Waals surface area contributed by atoms with Crippen LogP contribution in [0.25, 0.3) is 5.73 Å². The predicted molar refractivity (Wildman–Crippen MR) is 96.3 cm³/mol. The molecule has 0 atom stereocenters. The first kappa shape index (κ1) is 19.8. The Balaban J connectivity index is 0.00000225. The smallest absolute Gasteiger partial charge is 0.494 e. The van der Waals surface area contributed by atoms with Gasteiger partial charge in [-0.15, -0.1) is 5.69 Å². The predicted octanol–water partition coefficient (Wildman–Crippen LogP) is 3.48. The van der Waals surface area contributed by atoms with Crippen LogP contribution in [0.1, 0.15) is 38.8 Å². The fraction of sp³-hybridized carbons (Fsp3) is 0.333. The van der Waals surface area contributed by atoms with Crippen molar-refractivity contribution < 1.29 is 29.4 Å². The van der Waals surface area contributed by atoms with E-state index in [2.05, 4.69) is 4.98 Å². The number of hydrogen-bond acceptors (Lipinski definition) is 4. The second-order valence-corrected chi connectivity index (χ2v) is 7.00. The van der Waals surface area contributed by atoms with E-state index in [1.54, 1.807) is 30.6 Å². The third-order valence-electron chi connectivity index (χ3n) is 4.81. The van der Waals surface area contributed by atoms with Gasteiger partial charge in [0.05, 0.1) is 16.9 Å². The molecule has 7 heteroatoms. The molecular weight excluding hydrogens is 493 g/mol. The van der Waals surface area contributed by atoms with Gasteiger partial charge >= 0.3 is 7.12 Å². The number of benzene rings is 1. The summed E-state index contributed by atoms with van der Waals surface area (Å²) in [6, 6.07) is 8.86. The molecule has 1 radical (unpaired) electrons. The van der Waals surface area contributed by atoms with Crippen molar-refractivity contribution in [1.29, 1.82) is 5.41 Å². The second-order valence-electron chi connectivity index (χ2n) is 7.00. The van der Waals surface area contributed by atoms with E-state index in [4.69, 9.17) is 20.5 Å². The van der Waals surface area contributed by atoms with Crippen LogP contribution in [-0.2, 0) is 29.4 Å². The summed E-state index contributed by atoms with van der Waals surface area (Å²) in [5, 5.41) is 8.41. The van der Waals surface area contributed by atoms with Crippen molar-refractivity contribution in [3.63, 3.8) is 0 Å². The minimum Gasteiger partial charge on any atom is -0.698 e. The van der Waals surface area contributed by atoms with Crippen molar-refractivity contribution in [3.05, 3.63) is 59.6 Å². The molecular formula is C18H21BIrN3O2-. The van der Waals surface area contributed by atoms with Gasteiger partial charge in [0.1, 0.15) is 0 Å². The standard InChI is InChI=1S/C18H21BN3O2.Ir/c1-17(2)18(3,4)24-19(23-17)13-5-6-15(20)14(11-13)16(21)12-7-9-22-10-8-12;/h5-11,20-21H,1-4H3;/q-1;. The first-order chi connectivity index (χ1) is 11.2. The van der Waals surface area contributed by atoms with Crippen LogP contribution in [0.5, 0.6) is 0 Å². The molecule has 1 saturated heterocycles. The molecule has 3 rings (SSSR count). The molecule has 0 bridgehead atoms. The molecule has 0 saturated carbocycles. The zero-order valence-corrected chi connectivity index (χ0v) is 17.1. The van der Waals surface area contributed by atoms with Gasteiger partial charge in [-0.3, -0.25) is 10.4 Å². The topological polar surface area (TPSA) is 79.0 Å². The Hall–Kier alpha value is -1.53. The largest absolute Gasteiger partial charge is 0.698 e. The van der Waals surface area contributed by atoms with E-state index in [0.29, 0.717) is 17.0 Å². The molecule has 2 heterocycles. The van der Waals surface area contributed by atoms with Crippen LogP contribution in [0, 0.1) is 5.41 Å². The van der Waals surface area contributed by atoms with Gasteiger partial charge in [0.2, 0.25) is 0 Å². The van der Waals surface area contributed by atoms with Gasteiger partial charge in [0, 0.05) is 38.1 Å². The Bertz CT molecular complexity index is 765. The zero-order chi connectivity index (χ0) is 17.5. The Morgan fingerprint density at radius 1 is 1.04 bits per heavy atom. The maximum absolute atomic E-state index is 8.41. The Morgan fingerprint density at radius 2 is 1.60 bits per heavy atom. The Labute approximate surface area is 162 Å². The van der Waals surface area contributed by atoms with Crippen LogP contribution in [0.2, 0.25) is 0 Å². The third-order valence-corrected chi connectivity index (χ3v) is 4.81. The first-order valence-corrected chi connectivity index (χ1v) is 7.92. The van der Waals surface area contributed by atoms with Gasteiger partial charge in [-0.1, -0.05) is 18.2 Å². The summed E-state index contributed by atoms with van der Waals surface area (Å²) in [4.78, 5) is 3.97. The molecule has 1 aliphatic rings. The number of pyridine rings is 1. The minimum atomic E-state index is -0.500. The molecule has 2 aromatic rings. The van der Waals surface area contributed by atoms with Crippen LogP contribution in [0.15, 0.2) is 42.7 Å². The number of aromatic nitrogens is 1. The summed E-state index contributed by atoms with van der Waals surface area (Å²) in [7, 11) is -0.500. The van der Waals surface area contributed by atoms with E-state index in [1.165, 1.54) is 0 Å². The summed E-state index contributed by atoms with van der Waals surface area (Å²) in [6.45, 7) is 8.02. The molecule has 5 nitrogen and oxygen atoms in total. The second kappa shape index (κ2) is 7.00. The number of hydrogen-bond donors (Lipinski definition) is 1. The Kier molecular flexibility index (Phi) is 5.54. The van der Waals surface area contributed by atoms with Gasteiger partial charge in [0.25, 0.3) is 0 Å². The van der Waals surface area contributed by atoms with Gasteiger partial charge in [0.15, 0.2) is 0 Å². The van der Waals surface area contributed by atoms with E-state index >= 15 is 0 Å². The molecule has 0 unspecified atom stereocenters. The van der Waals surface area contributed by atoms with E-state index in [1.807, 2.05) is 39.8 Å². The average molecular weight is 514 g/mol. The van der Waals surface area contributed by atoms with Gasteiger partial charge < -0.3 is 15.0 Å². The van der Waals surface area contributed by atoms with E-state index in [9.17, 15) is 0 Å². The van der Waals surface area contributed by atoms with Gasteiger partial charge in [-0.05, 0) is 50.9 Å². The van der Waals surface area contributed by atoms with E-state index in [-0.39, 0.29) is 20.1 Å². The van der Waals surface area contributed by atoms with E-state index < -0.39 is 18.3 Å². The fourth-order valence-corrected chi connectivity index (χ4v) is 2.57. The number of nitrogens with zero attached hydrogens (tertiary/aromatic N) is 1. The molecule has 1 aromatic carbocycles. The van der Waals surface area contributed by atoms with Crippen molar-refractivity contribution in [2.75, 3.05) is 0 Å². The van der Waals surface area contributed by atoms with Crippen molar-refractivity contribution >= 4 is 24.0 Å². The molecule has 1 aromatic heterocycles. The van der Waals surface area contributed by atoms with Crippen LogP contribution in [0.3, 0.4) is 0 Å². The normalized spacial score (nSPS) is 17.8. The minimum absolute atomic E-state index is 0. The Morgan fingerprint density at radius 3 is 2.16 bits per heavy atom. The maximum Gasteiger partial charge on any atom is 0.494 e. The molecule has 1 fully saturated rings. The van der Waals surface area contributed by atoms with Crippen molar-refractivity contribution in [2.24, 2.45) is 0 Å². The number of rotatable bonds is 3. The quantitative estimate of drug-likeness (QED) is 0.504. The first-order valence-electron chi connectivity index (χ1n) is 7.92. The molecule has 0 amide bonds. The summed E-state index contributed by atoms with van der Waals surface area (Å²) < 4.78 is 12.1. The van der Waals surface area contributed by atoms with Crippen LogP contribution in [-0.4, -0.2) is 29.0 Å². The van der Waals surface area contributed by atoms with Crippen molar-refractivity contribution in [2.45, 2.75) is 38.9 Å². The average Bonchev–Trinajstić information content (AvgIpc) is 2.76.